The zero-order chi connectivity index (χ0) is 17.0. The van der Waals surface area contributed by atoms with Crippen molar-refractivity contribution in [3.05, 3.63) is 17.5 Å². The molecule has 23 heavy (non-hydrogen) atoms. The molecule has 0 spiro atoms. The Morgan fingerprint density at radius 3 is 2.87 bits per heavy atom. The molecule has 1 aromatic rings. The van der Waals surface area contributed by atoms with Crippen molar-refractivity contribution < 1.29 is 22.0 Å². The number of rotatable bonds is 6. The summed E-state index contributed by atoms with van der Waals surface area (Å²) in [4.78, 5) is 11.8. The van der Waals surface area contributed by atoms with Crippen molar-refractivity contribution in [2.75, 3.05) is 19.3 Å². The van der Waals surface area contributed by atoms with Gasteiger partial charge in [-0.05, 0) is 25.3 Å². The zero-order valence-corrected chi connectivity index (χ0v) is 13.6. The number of halogens is 2. The highest BCUT2D eigenvalue weighted by atomic mass is 32.2. The minimum Gasteiger partial charge on any atom is -0.351 e. The number of carbonyl (C=O) groups excluding carboxylic acids is 1. The minimum absolute atomic E-state index is 0.107. The second-order valence-electron chi connectivity index (χ2n) is 5.58. The molecule has 2 rings (SSSR count). The summed E-state index contributed by atoms with van der Waals surface area (Å²) in [6.45, 7) is 0.751. The van der Waals surface area contributed by atoms with E-state index in [4.69, 9.17) is 0 Å². The molecule has 0 aliphatic carbocycles. The lowest BCUT2D eigenvalue weighted by Crippen LogP contribution is -2.44. The molecule has 1 aromatic heterocycles. The largest absolute Gasteiger partial charge is 0.351 e. The third kappa shape index (κ3) is 4.71. The van der Waals surface area contributed by atoms with Crippen LogP contribution in [0.4, 0.5) is 8.78 Å². The van der Waals surface area contributed by atoms with E-state index in [1.54, 1.807) is 0 Å². The molecule has 2 N–H and O–H groups in total. The van der Waals surface area contributed by atoms with Crippen molar-refractivity contribution in [2.24, 2.45) is 0 Å². The van der Waals surface area contributed by atoms with Gasteiger partial charge in [-0.25, -0.2) is 17.2 Å². The van der Waals surface area contributed by atoms with E-state index in [1.807, 2.05) is 0 Å². The second kappa shape index (κ2) is 7.35. The molecular formula is C13H20F2N4O3S. The van der Waals surface area contributed by atoms with E-state index in [0.717, 1.165) is 25.3 Å². The van der Waals surface area contributed by atoms with Gasteiger partial charge in [0, 0.05) is 19.1 Å². The fourth-order valence-electron chi connectivity index (χ4n) is 2.71. The molecule has 1 unspecified atom stereocenters. The molecule has 7 nitrogen and oxygen atoms in total. The van der Waals surface area contributed by atoms with Crippen molar-refractivity contribution in [3.63, 3.8) is 0 Å². The molecule has 2 heterocycles. The van der Waals surface area contributed by atoms with E-state index in [0.29, 0.717) is 13.0 Å². The van der Waals surface area contributed by atoms with Gasteiger partial charge in [0.15, 0.2) is 0 Å². The lowest BCUT2D eigenvalue weighted by molar-refractivity contribution is 0.0944. The van der Waals surface area contributed by atoms with Crippen molar-refractivity contribution in [2.45, 2.75) is 38.2 Å². The van der Waals surface area contributed by atoms with Crippen LogP contribution in [0.3, 0.4) is 0 Å². The molecule has 0 bridgehead atoms. The Morgan fingerprint density at radius 2 is 2.26 bits per heavy atom. The third-order valence-electron chi connectivity index (χ3n) is 3.83. The van der Waals surface area contributed by atoms with Gasteiger partial charge in [0.05, 0.1) is 6.26 Å². The van der Waals surface area contributed by atoms with E-state index in [9.17, 15) is 22.0 Å². The number of carbonyl (C=O) groups is 1. The number of aromatic nitrogens is 2. The fourth-order valence-corrected chi connectivity index (χ4v) is 3.92. The van der Waals surface area contributed by atoms with Gasteiger partial charge in [-0.15, -0.1) is 0 Å². The third-order valence-corrected chi connectivity index (χ3v) is 5.16. The first-order valence-electron chi connectivity index (χ1n) is 7.37. The molecule has 1 atom stereocenters. The van der Waals surface area contributed by atoms with Gasteiger partial charge in [-0.3, -0.25) is 9.89 Å². The van der Waals surface area contributed by atoms with Crippen LogP contribution < -0.4 is 5.32 Å². The van der Waals surface area contributed by atoms with Crippen LogP contribution in [-0.4, -0.2) is 54.2 Å². The molecule has 0 aromatic carbocycles. The highest BCUT2D eigenvalue weighted by molar-refractivity contribution is 7.88. The first kappa shape index (κ1) is 17.8. The van der Waals surface area contributed by atoms with E-state index in [2.05, 4.69) is 15.5 Å². The first-order valence-corrected chi connectivity index (χ1v) is 9.22. The Balaban J connectivity index is 1.86. The summed E-state index contributed by atoms with van der Waals surface area (Å²) in [5.41, 5.74) is -0.519. The molecule has 1 aliphatic heterocycles. The molecule has 1 saturated heterocycles. The maximum Gasteiger partial charge on any atom is 0.279 e. The number of amides is 1. The van der Waals surface area contributed by atoms with E-state index >= 15 is 0 Å². The van der Waals surface area contributed by atoms with Gasteiger partial charge in [0.25, 0.3) is 12.3 Å². The lowest BCUT2D eigenvalue weighted by Gasteiger charge is -2.33. The molecule has 0 saturated carbocycles. The van der Waals surface area contributed by atoms with Crippen LogP contribution in [-0.2, 0) is 10.0 Å². The molecule has 130 valence electrons. The molecule has 0 radical (unpaired) electrons. The number of alkyl halides is 2. The summed E-state index contributed by atoms with van der Waals surface area (Å²) in [7, 11) is -3.26. The summed E-state index contributed by atoms with van der Waals surface area (Å²) < 4.78 is 49.8. The van der Waals surface area contributed by atoms with Crippen LogP contribution in [0.1, 0.15) is 48.3 Å². The number of piperidine rings is 1. The highest BCUT2D eigenvalue weighted by Gasteiger charge is 2.29. The topological polar surface area (TPSA) is 95.2 Å². The SMILES string of the molecule is CS(=O)(=O)N1CCCCC1CCNC(=O)c1cc(C(F)F)[nH]n1. The molecule has 1 fully saturated rings. The number of H-pyrrole nitrogens is 1. The average Bonchev–Trinajstić information content (AvgIpc) is 2.96. The maximum absolute atomic E-state index is 12.4. The monoisotopic (exact) mass is 350 g/mol. The zero-order valence-electron chi connectivity index (χ0n) is 12.8. The number of hydrogen-bond donors (Lipinski definition) is 2. The van der Waals surface area contributed by atoms with Crippen LogP contribution in [0.2, 0.25) is 0 Å². The van der Waals surface area contributed by atoms with Crippen LogP contribution in [0.15, 0.2) is 6.07 Å². The first-order chi connectivity index (χ1) is 10.8. The van der Waals surface area contributed by atoms with Crippen molar-refractivity contribution in [1.29, 1.82) is 0 Å². The summed E-state index contributed by atoms with van der Waals surface area (Å²) in [5.74, 6) is -0.560. The lowest BCUT2D eigenvalue weighted by atomic mass is 10.0. The van der Waals surface area contributed by atoms with Gasteiger partial charge in [0.2, 0.25) is 10.0 Å². The average molecular weight is 350 g/mol. The van der Waals surface area contributed by atoms with Gasteiger partial charge < -0.3 is 5.32 Å². The molecule has 1 aliphatic rings. The van der Waals surface area contributed by atoms with Crippen LogP contribution in [0.5, 0.6) is 0 Å². The Labute approximate surface area is 133 Å². The highest BCUT2D eigenvalue weighted by Crippen LogP contribution is 2.22. The normalized spacial score (nSPS) is 19.9. The van der Waals surface area contributed by atoms with Crippen LogP contribution >= 0.6 is 0 Å². The second-order valence-corrected chi connectivity index (χ2v) is 7.51. The van der Waals surface area contributed by atoms with Crippen molar-refractivity contribution >= 4 is 15.9 Å². The Morgan fingerprint density at radius 1 is 1.52 bits per heavy atom. The number of nitrogens with one attached hydrogen (secondary N) is 2. The van der Waals surface area contributed by atoms with Crippen molar-refractivity contribution in [1.82, 2.24) is 19.8 Å². The van der Waals surface area contributed by atoms with Crippen molar-refractivity contribution in [3.8, 4) is 0 Å². The fraction of sp³-hybridized carbons (Fsp3) is 0.692. The number of sulfonamides is 1. The van der Waals surface area contributed by atoms with Gasteiger partial charge in [-0.1, -0.05) is 6.42 Å². The maximum atomic E-state index is 12.4. The van der Waals surface area contributed by atoms with Crippen LogP contribution in [0.25, 0.3) is 0 Å². The summed E-state index contributed by atoms with van der Waals surface area (Å²) >= 11 is 0. The Hall–Kier alpha value is -1.55. The van der Waals surface area contributed by atoms with Gasteiger partial charge >= 0.3 is 0 Å². The van der Waals surface area contributed by atoms with Crippen LogP contribution in [0, 0.1) is 0 Å². The standard InChI is InChI=1S/C13H20F2N4O3S/c1-23(21,22)19-7-3-2-4-9(19)5-6-16-13(20)11-8-10(12(14)15)17-18-11/h8-9,12H,2-7H2,1H3,(H,16,20)(H,17,18). The quantitative estimate of drug-likeness (QED) is 0.808. The smallest absolute Gasteiger partial charge is 0.279 e. The minimum atomic E-state index is -3.26. The molecule has 1 amide bonds. The number of hydrogen-bond acceptors (Lipinski definition) is 4. The molecule has 10 heteroatoms. The summed E-state index contributed by atoms with van der Waals surface area (Å²) in [5, 5.41) is 8.22. The number of nitrogens with zero attached hydrogens (tertiary/aromatic N) is 2. The summed E-state index contributed by atoms with van der Waals surface area (Å²) in [6.07, 6.45) is 1.47. The molecular weight excluding hydrogens is 330 g/mol. The Bertz CT molecular complexity index is 647. The summed E-state index contributed by atoms with van der Waals surface area (Å²) in [6, 6.07) is 0.860. The Kier molecular flexibility index (Phi) is 5.69. The van der Waals surface area contributed by atoms with E-state index in [-0.39, 0.29) is 18.3 Å². The van der Waals surface area contributed by atoms with Gasteiger partial charge in [0.1, 0.15) is 11.4 Å². The van der Waals surface area contributed by atoms with E-state index < -0.39 is 28.0 Å². The van der Waals surface area contributed by atoms with Gasteiger partial charge in [-0.2, -0.15) is 9.40 Å². The number of aromatic amines is 1. The predicted molar refractivity (Wildman–Crippen MR) is 79.7 cm³/mol. The predicted octanol–water partition coefficient (Wildman–Crippen LogP) is 1.28. The van der Waals surface area contributed by atoms with E-state index in [1.165, 1.54) is 10.6 Å².